The number of carbonyl (C=O) groups excluding carboxylic acids is 2. The first kappa shape index (κ1) is 19.1. The van der Waals surface area contributed by atoms with E-state index < -0.39 is 0 Å². The number of rotatable bonds is 6. The second-order valence-corrected chi connectivity index (χ2v) is 7.25. The second kappa shape index (κ2) is 8.22. The lowest BCUT2D eigenvalue weighted by atomic mass is 10.2. The predicted octanol–water partition coefficient (Wildman–Crippen LogP) is 3.07. The minimum Gasteiger partial charge on any atom is -0.323 e. The van der Waals surface area contributed by atoms with E-state index in [1.165, 1.54) is 11.3 Å². The van der Waals surface area contributed by atoms with E-state index in [4.69, 9.17) is 0 Å². The van der Waals surface area contributed by atoms with Crippen LogP contribution in [0.4, 0.5) is 11.4 Å². The first-order chi connectivity index (χ1) is 11.8. The van der Waals surface area contributed by atoms with Crippen LogP contribution >= 0.6 is 11.3 Å². The molecular weight excluding hydrogens is 336 g/mol. The lowest BCUT2D eigenvalue weighted by Crippen LogP contribution is -2.27. The molecule has 2 rings (SSSR count). The molecule has 0 aliphatic rings. The van der Waals surface area contributed by atoms with Crippen LogP contribution in [0.25, 0.3) is 0 Å². The molecule has 0 fully saturated rings. The molecule has 0 spiro atoms. The molecule has 2 amide bonds. The van der Waals surface area contributed by atoms with Gasteiger partial charge in [-0.1, -0.05) is 13.0 Å². The summed E-state index contributed by atoms with van der Waals surface area (Å²) < 4.78 is 0. The number of aryl methyl sites for hydroxylation is 3. The van der Waals surface area contributed by atoms with Crippen molar-refractivity contribution in [1.29, 1.82) is 0 Å². The molecule has 0 radical (unpaired) electrons. The average Bonchev–Trinajstić information content (AvgIpc) is 2.90. The van der Waals surface area contributed by atoms with Crippen molar-refractivity contribution >= 4 is 34.5 Å². The highest BCUT2D eigenvalue weighted by atomic mass is 32.1. The highest BCUT2D eigenvalue weighted by molar-refractivity contribution is 7.13. The van der Waals surface area contributed by atoms with Crippen LogP contribution in [-0.4, -0.2) is 42.3 Å². The molecule has 0 aliphatic heterocycles. The van der Waals surface area contributed by atoms with Crippen LogP contribution in [0.5, 0.6) is 0 Å². The number of aromatic nitrogens is 1. The van der Waals surface area contributed by atoms with Gasteiger partial charge >= 0.3 is 0 Å². The zero-order chi connectivity index (χ0) is 18.6. The smallest absolute Gasteiger partial charge is 0.267 e. The molecule has 6 nitrogen and oxygen atoms in total. The maximum absolute atomic E-state index is 12.6. The third-order valence-corrected chi connectivity index (χ3v) is 4.81. The van der Waals surface area contributed by atoms with Crippen LogP contribution in [0.15, 0.2) is 18.2 Å². The summed E-state index contributed by atoms with van der Waals surface area (Å²) in [5.74, 6) is -0.338. The number of nitrogens with one attached hydrogen (secondary N) is 2. The van der Waals surface area contributed by atoms with Crippen molar-refractivity contribution in [3.63, 3.8) is 0 Å². The van der Waals surface area contributed by atoms with Crippen LogP contribution in [0.2, 0.25) is 0 Å². The topological polar surface area (TPSA) is 74.3 Å². The Balaban J connectivity index is 2.22. The molecule has 134 valence electrons. The maximum atomic E-state index is 12.6. The first-order valence-corrected chi connectivity index (χ1v) is 8.94. The van der Waals surface area contributed by atoms with Gasteiger partial charge in [-0.05, 0) is 52.1 Å². The Labute approximate surface area is 152 Å². The highest BCUT2D eigenvalue weighted by Crippen LogP contribution is 2.26. The Morgan fingerprint density at radius 2 is 1.88 bits per heavy atom. The summed E-state index contributed by atoms with van der Waals surface area (Å²) in [5, 5.41) is 6.69. The minimum atomic E-state index is -0.205. The van der Waals surface area contributed by atoms with Gasteiger partial charge in [0.1, 0.15) is 4.88 Å². The van der Waals surface area contributed by atoms with Gasteiger partial charge in [0.2, 0.25) is 5.91 Å². The van der Waals surface area contributed by atoms with Crippen molar-refractivity contribution in [3.8, 4) is 0 Å². The quantitative estimate of drug-likeness (QED) is 0.830. The fourth-order valence-corrected chi connectivity index (χ4v) is 3.24. The van der Waals surface area contributed by atoms with E-state index in [2.05, 4.69) is 15.6 Å². The van der Waals surface area contributed by atoms with Gasteiger partial charge in [-0.2, -0.15) is 0 Å². The van der Waals surface area contributed by atoms with Crippen molar-refractivity contribution in [2.75, 3.05) is 31.3 Å². The minimum absolute atomic E-state index is 0.133. The summed E-state index contributed by atoms with van der Waals surface area (Å²) in [6.45, 7) is 6.06. The van der Waals surface area contributed by atoms with Crippen LogP contribution in [0.3, 0.4) is 0 Å². The summed E-state index contributed by atoms with van der Waals surface area (Å²) in [4.78, 5) is 31.5. The zero-order valence-electron chi connectivity index (χ0n) is 15.3. The van der Waals surface area contributed by atoms with E-state index in [1.54, 1.807) is 11.0 Å². The van der Waals surface area contributed by atoms with E-state index in [0.29, 0.717) is 16.3 Å². The zero-order valence-corrected chi connectivity index (χ0v) is 16.1. The number of carbonyl (C=O) groups is 2. The largest absolute Gasteiger partial charge is 0.323 e. The van der Waals surface area contributed by atoms with Gasteiger partial charge in [0.25, 0.3) is 5.91 Å². The van der Waals surface area contributed by atoms with Crippen LogP contribution in [-0.2, 0) is 11.2 Å². The number of nitrogens with zero attached hydrogens (tertiary/aromatic N) is 2. The molecule has 0 saturated carbocycles. The first-order valence-electron chi connectivity index (χ1n) is 8.13. The molecule has 0 unspecified atom stereocenters. The maximum Gasteiger partial charge on any atom is 0.267 e. The van der Waals surface area contributed by atoms with Crippen molar-refractivity contribution < 1.29 is 9.59 Å². The normalized spacial score (nSPS) is 10.8. The van der Waals surface area contributed by atoms with Crippen molar-refractivity contribution in [2.24, 2.45) is 0 Å². The summed E-state index contributed by atoms with van der Waals surface area (Å²) in [5.41, 5.74) is 2.90. The third-order valence-electron chi connectivity index (χ3n) is 3.51. The van der Waals surface area contributed by atoms with Crippen LogP contribution in [0.1, 0.15) is 32.9 Å². The predicted molar refractivity (Wildman–Crippen MR) is 103 cm³/mol. The van der Waals surface area contributed by atoms with Gasteiger partial charge < -0.3 is 15.5 Å². The van der Waals surface area contributed by atoms with Crippen LogP contribution in [0, 0.1) is 13.8 Å². The van der Waals surface area contributed by atoms with E-state index in [9.17, 15) is 9.59 Å². The molecule has 0 aliphatic carbocycles. The van der Waals surface area contributed by atoms with E-state index in [0.717, 1.165) is 22.7 Å². The number of hydrogen-bond acceptors (Lipinski definition) is 5. The number of hydrogen-bond donors (Lipinski definition) is 2. The standard InChI is InChI=1S/C18H24N4O2S/c1-6-16-19-12(3)17(25-16)18(24)21-14-9-11(2)7-8-13(14)20-15(23)10-22(4)5/h7-9H,6,10H2,1-5H3,(H,20,23)(H,21,24). The molecule has 0 atom stereocenters. The summed E-state index contributed by atoms with van der Waals surface area (Å²) in [7, 11) is 3.66. The molecule has 1 heterocycles. The fraction of sp³-hybridized carbons (Fsp3) is 0.389. The van der Waals surface area contributed by atoms with Gasteiger partial charge in [0.15, 0.2) is 0 Å². The molecule has 7 heteroatoms. The van der Waals surface area contributed by atoms with Crippen molar-refractivity contribution in [1.82, 2.24) is 9.88 Å². The lowest BCUT2D eigenvalue weighted by Gasteiger charge is -2.15. The Morgan fingerprint density at radius 1 is 1.16 bits per heavy atom. The van der Waals surface area contributed by atoms with E-state index in [-0.39, 0.29) is 18.4 Å². The molecular formula is C18H24N4O2S. The Hall–Kier alpha value is -2.25. The number of likely N-dealkylation sites (N-methyl/N-ethyl adjacent to an activating group) is 1. The summed E-state index contributed by atoms with van der Waals surface area (Å²) >= 11 is 1.40. The third kappa shape index (κ3) is 5.11. The monoisotopic (exact) mass is 360 g/mol. The average molecular weight is 360 g/mol. The number of amides is 2. The summed E-state index contributed by atoms with van der Waals surface area (Å²) in [6, 6.07) is 5.55. The molecule has 0 bridgehead atoms. The molecule has 2 N–H and O–H groups in total. The lowest BCUT2D eigenvalue weighted by molar-refractivity contribution is -0.116. The van der Waals surface area contributed by atoms with Gasteiger partial charge in [0, 0.05) is 0 Å². The Morgan fingerprint density at radius 3 is 2.48 bits per heavy atom. The van der Waals surface area contributed by atoms with Crippen molar-refractivity contribution in [3.05, 3.63) is 39.3 Å². The van der Waals surface area contributed by atoms with Gasteiger partial charge in [-0.25, -0.2) is 4.98 Å². The van der Waals surface area contributed by atoms with Gasteiger partial charge in [-0.15, -0.1) is 11.3 Å². The number of thiazole rings is 1. The highest BCUT2D eigenvalue weighted by Gasteiger charge is 2.17. The second-order valence-electron chi connectivity index (χ2n) is 6.16. The Bertz CT molecular complexity index is 783. The molecule has 2 aromatic rings. The molecule has 1 aromatic heterocycles. The van der Waals surface area contributed by atoms with Crippen molar-refractivity contribution in [2.45, 2.75) is 27.2 Å². The van der Waals surface area contributed by atoms with E-state index in [1.807, 2.05) is 47.0 Å². The molecule has 25 heavy (non-hydrogen) atoms. The number of benzene rings is 1. The fourth-order valence-electron chi connectivity index (χ4n) is 2.34. The molecule has 1 aromatic carbocycles. The van der Waals surface area contributed by atoms with Gasteiger partial charge in [0.05, 0.1) is 28.6 Å². The number of anilines is 2. The van der Waals surface area contributed by atoms with Gasteiger partial charge in [-0.3, -0.25) is 9.59 Å². The molecule has 0 saturated heterocycles. The SMILES string of the molecule is CCc1nc(C)c(C(=O)Nc2cc(C)ccc2NC(=O)CN(C)C)s1. The van der Waals surface area contributed by atoms with Crippen LogP contribution < -0.4 is 10.6 Å². The summed E-state index contributed by atoms with van der Waals surface area (Å²) in [6.07, 6.45) is 0.801. The Kier molecular flexibility index (Phi) is 6.27. The van der Waals surface area contributed by atoms with E-state index >= 15 is 0 Å².